The third-order valence-electron chi connectivity index (χ3n) is 3.30. The zero-order chi connectivity index (χ0) is 16.8. The van der Waals surface area contributed by atoms with Crippen LogP contribution in [0, 0.1) is 0 Å². The molecule has 0 saturated heterocycles. The van der Waals surface area contributed by atoms with Gasteiger partial charge in [-0.25, -0.2) is 4.79 Å². The average Bonchev–Trinajstić information content (AvgIpc) is 2.88. The molecule has 0 aliphatic heterocycles. The van der Waals surface area contributed by atoms with Gasteiger partial charge in [0.05, 0.1) is 0 Å². The van der Waals surface area contributed by atoms with Gasteiger partial charge in [0.2, 0.25) is 0 Å². The van der Waals surface area contributed by atoms with Crippen molar-refractivity contribution in [1.29, 1.82) is 0 Å². The Morgan fingerprint density at radius 3 is 2.57 bits per heavy atom. The van der Waals surface area contributed by atoms with Gasteiger partial charge in [0.25, 0.3) is 5.91 Å². The van der Waals surface area contributed by atoms with E-state index in [-0.39, 0.29) is 16.4 Å². The van der Waals surface area contributed by atoms with Gasteiger partial charge in [-0.15, -0.1) is 11.8 Å². The maximum atomic E-state index is 12.4. The lowest BCUT2D eigenvalue weighted by atomic mass is 10.2. The molecule has 0 radical (unpaired) electrons. The van der Waals surface area contributed by atoms with E-state index in [4.69, 9.17) is 5.73 Å². The standard InChI is InChI=1S/C16H19N3O3S/c1-2-3-7-10-23-14-12(16(21)22)13(17)19(18-14)15(20)11-8-5-4-6-9-11/h4-6,8-9H,2-3,7,10,17H2,1H3,(H,21,22). The van der Waals surface area contributed by atoms with Crippen molar-refractivity contribution in [3.63, 3.8) is 0 Å². The van der Waals surface area contributed by atoms with Crippen LogP contribution < -0.4 is 5.73 Å². The Morgan fingerprint density at radius 2 is 1.96 bits per heavy atom. The molecular formula is C16H19N3O3S. The Kier molecular flexibility index (Phi) is 5.81. The fourth-order valence-electron chi connectivity index (χ4n) is 2.09. The van der Waals surface area contributed by atoms with Gasteiger partial charge in [0, 0.05) is 5.56 Å². The lowest BCUT2D eigenvalue weighted by molar-refractivity contribution is 0.0694. The van der Waals surface area contributed by atoms with Crippen molar-refractivity contribution >= 4 is 29.5 Å². The van der Waals surface area contributed by atoms with E-state index < -0.39 is 11.9 Å². The number of rotatable bonds is 7. The molecule has 2 rings (SSSR count). The van der Waals surface area contributed by atoms with Crippen LogP contribution in [-0.4, -0.2) is 32.5 Å². The smallest absolute Gasteiger partial charge is 0.342 e. The van der Waals surface area contributed by atoms with Crippen LogP contribution in [-0.2, 0) is 0 Å². The van der Waals surface area contributed by atoms with Crippen LogP contribution in [0.2, 0.25) is 0 Å². The summed E-state index contributed by atoms with van der Waals surface area (Å²) in [5.74, 6) is -1.01. The molecular weight excluding hydrogens is 314 g/mol. The minimum Gasteiger partial charge on any atom is -0.477 e. The number of aromatic nitrogens is 2. The van der Waals surface area contributed by atoms with E-state index >= 15 is 0 Å². The van der Waals surface area contributed by atoms with Gasteiger partial charge in [-0.1, -0.05) is 38.0 Å². The Bertz CT molecular complexity index is 698. The van der Waals surface area contributed by atoms with Gasteiger partial charge < -0.3 is 10.8 Å². The topological polar surface area (TPSA) is 98.2 Å². The zero-order valence-corrected chi connectivity index (χ0v) is 13.7. The van der Waals surface area contributed by atoms with E-state index in [1.807, 2.05) is 0 Å². The predicted octanol–water partition coefficient (Wildman–Crippen LogP) is 3.13. The molecule has 0 spiro atoms. The summed E-state index contributed by atoms with van der Waals surface area (Å²) in [5.41, 5.74) is 6.16. The number of carbonyl (C=O) groups is 2. The fraction of sp³-hybridized carbons (Fsp3) is 0.312. The summed E-state index contributed by atoms with van der Waals surface area (Å²) in [4.78, 5) is 23.9. The number of hydrogen-bond acceptors (Lipinski definition) is 5. The molecule has 122 valence electrons. The van der Waals surface area contributed by atoms with Gasteiger partial charge in [-0.2, -0.15) is 9.78 Å². The van der Waals surface area contributed by atoms with E-state index in [1.165, 1.54) is 11.8 Å². The Hall–Kier alpha value is -2.28. The molecule has 1 heterocycles. The number of carbonyl (C=O) groups excluding carboxylic acids is 1. The number of hydrogen-bond donors (Lipinski definition) is 2. The highest BCUT2D eigenvalue weighted by Gasteiger charge is 2.25. The maximum Gasteiger partial charge on any atom is 0.342 e. The molecule has 0 unspecified atom stereocenters. The van der Waals surface area contributed by atoms with Crippen LogP contribution in [0.25, 0.3) is 0 Å². The summed E-state index contributed by atoms with van der Waals surface area (Å²) in [5, 5.41) is 13.8. The predicted molar refractivity (Wildman–Crippen MR) is 90.0 cm³/mol. The zero-order valence-electron chi connectivity index (χ0n) is 12.9. The number of nitrogens with two attached hydrogens (primary N) is 1. The molecule has 0 aliphatic rings. The van der Waals surface area contributed by atoms with Crippen molar-refractivity contribution in [3.8, 4) is 0 Å². The summed E-state index contributed by atoms with van der Waals surface area (Å²) in [6, 6.07) is 8.52. The molecule has 2 aromatic rings. The monoisotopic (exact) mass is 333 g/mol. The van der Waals surface area contributed by atoms with Crippen molar-refractivity contribution in [1.82, 2.24) is 9.78 Å². The molecule has 0 saturated carbocycles. The van der Waals surface area contributed by atoms with Gasteiger partial charge >= 0.3 is 5.97 Å². The SMILES string of the molecule is CCCCCSc1nn(C(=O)c2ccccc2)c(N)c1C(=O)O. The van der Waals surface area contributed by atoms with Crippen LogP contribution in [0.1, 0.15) is 46.9 Å². The number of carboxylic acid groups (broad SMARTS) is 1. The van der Waals surface area contributed by atoms with E-state index in [0.29, 0.717) is 5.56 Å². The van der Waals surface area contributed by atoms with E-state index in [1.54, 1.807) is 30.3 Å². The highest BCUT2D eigenvalue weighted by Crippen LogP contribution is 2.28. The number of benzene rings is 1. The molecule has 23 heavy (non-hydrogen) atoms. The first kappa shape index (κ1) is 17.1. The van der Waals surface area contributed by atoms with Gasteiger partial charge in [0.15, 0.2) is 0 Å². The highest BCUT2D eigenvalue weighted by molar-refractivity contribution is 7.99. The third-order valence-corrected chi connectivity index (χ3v) is 4.35. The van der Waals surface area contributed by atoms with Crippen molar-refractivity contribution in [3.05, 3.63) is 41.5 Å². The molecule has 0 fully saturated rings. The first-order chi connectivity index (χ1) is 11.1. The lowest BCUT2D eigenvalue weighted by Gasteiger charge is -2.02. The lowest BCUT2D eigenvalue weighted by Crippen LogP contribution is -2.16. The second-order valence-corrected chi connectivity index (χ2v) is 6.09. The summed E-state index contributed by atoms with van der Waals surface area (Å²) in [7, 11) is 0. The number of nitrogen functional groups attached to an aromatic ring is 1. The summed E-state index contributed by atoms with van der Waals surface area (Å²) >= 11 is 1.32. The molecule has 0 atom stereocenters. The van der Waals surface area contributed by atoms with E-state index in [2.05, 4.69) is 12.0 Å². The molecule has 1 aromatic heterocycles. The summed E-state index contributed by atoms with van der Waals surface area (Å²) in [6.45, 7) is 2.10. The molecule has 0 bridgehead atoms. The molecule has 1 aromatic carbocycles. The normalized spacial score (nSPS) is 10.7. The minimum absolute atomic E-state index is 0.101. The number of nitrogens with zero attached hydrogens (tertiary/aromatic N) is 2. The molecule has 0 aliphatic carbocycles. The van der Waals surface area contributed by atoms with E-state index in [0.717, 1.165) is 29.7 Å². The summed E-state index contributed by atoms with van der Waals surface area (Å²) in [6.07, 6.45) is 3.10. The van der Waals surface area contributed by atoms with Gasteiger partial charge in [-0.05, 0) is 24.3 Å². The summed E-state index contributed by atoms with van der Waals surface area (Å²) < 4.78 is 0.973. The van der Waals surface area contributed by atoms with Crippen LogP contribution in [0.5, 0.6) is 0 Å². The number of thioether (sulfide) groups is 1. The maximum absolute atomic E-state index is 12.4. The first-order valence-corrected chi connectivity index (χ1v) is 8.39. The largest absolute Gasteiger partial charge is 0.477 e. The van der Waals surface area contributed by atoms with Crippen molar-refractivity contribution < 1.29 is 14.7 Å². The quantitative estimate of drug-likeness (QED) is 0.596. The van der Waals surface area contributed by atoms with Crippen LogP contribution in [0.3, 0.4) is 0 Å². The van der Waals surface area contributed by atoms with E-state index in [9.17, 15) is 14.7 Å². The molecule has 6 nitrogen and oxygen atoms in total. The first-order valence-electron chi connectivity index (χ1n) is 7.40. The highest BCUT2D eigenvalue weighted by atomic mass is 32.2. The van der Waals surface area contributed by atoms with Crippen molar-refractivity contribution in [2.75, 3.05) is 11.5 Å². The minimum atomic E-state index is -1.17. The molecule has 7 heteroatoms. The Labute approximate surface area is 138 Å². The van der Waals surface area contributed by atoms with Crippen LogP contribution in [0.15, 0.2) is 35.4 Å². The second-order valence-electron chi connectivity index (χ2n) is 5.01. The van der Waals surface area contributed by atoms with Crippen LogP contribution in [0.4, 0.5) is 5.82 Å². The molecule has 3 N–H and O–H groups in total. The second kappa shape index (κ2) is 7.82. The van der Waals surface area contributed by atoms with Crippen LogP contribution >= 0.6 is 11.8 Å². The number of anilines is 1. The Balaban J connectivity index is 2.30. The molecule has 0 amide bonds. The number of aromatic carboxylic acids is 1. The van der Waals surface area contributed by atoms with Gasteiger partial charge in [0.1, 0.15) is 16.4 Å². The van der Waals surface area contributed by atoms with Crippen molar-refractivity contribution in [2.45, 2.75) is 31.2 Å². The number of carboxylic acids is 1. The third kappa shape index (κ3) is 3.92. The fourth-order valence-corrected chi connectivity index (χ4v) is 3.11. The van der Waals surface area contributed by atoms with Gasteiger partial charge in [-0.3, -0.25) is 4.79 Å². The number of unbranched alkanes of at least 4 members (excludes halogenated alkanes) is 2. The van der Waals surface area contributed by atoms with Crippen molar-refractivity contribution in [2.24, 2.45) is 0 Å². The average molecular weight is 333 g/mol. The Morgan fingerprint density at radius 1 is 1.26 bits per heavy atom.